The number of hydrogen-bond donors (Lipinski definition) is 1. The van der Waals surface area contributed by atoms with Gasteiger partial charge in [-0.1, -0.05) is 19.4 Å². The van der Waals surface area contributed by atoms with Crippen molar-refractivity contribution in [2.75, 3.05) is 0 Å². The van der Waals surface area contributed by atoms with Gasteiger partial charge in [0.25, 0.3) is 0 Å². The average molecular weight is 208 g/mol. The molecule has 0 fully saturated rings. The SMILES string of the molecule is CCCCC(=O)Oc1ccc(C)c(O)c1. The van der Waals surface area contributed by atoms with E-state index >= 15 is 0 Å². The molecule has 82 valence electrons. The molecule has 1 aromatic carbocycles. The van der Waals surface area contributed by atoms with Gasteiger partial charge in [-0.2, -0.15) is 0 Å². The quantitative estimate of drug-likeness (QED) is 0.611. The van der Waals surface area contributed by atoms with E-state index < -0.39 is 0 Å². The van der Waals surface area contributed by atoms with E-state index in [0.29, 0.717) is 12.2 Å². The van der Waals surface area contributed by atoms with Crippen LogP contribution in [-0.2, 0) is 4.79 Å². The first-order valence-corrected chi connectivity index (χ1v) is 5.13. The molecule has 3 nitrogen and oxygen atoms in total. The second kappa shape index (κ2) is 5.39. The predicted molar refractivity (Wildman–Crippen MR) is 58.0 cm³/mol. The first-order valence-electron chi connectivity index (χ1n) is 5.13. The van der Waals surface area contributed by atoms with Crippen LogP contribution in [0.4, 0.5) is 0 Å². The van der Waals surface area contributed by atoms with Gasteiger partial charge in [-0.05, 0) is 25.0 Å². The third kappa shape index (κ3) is 3.62. The van der Waals surface area contributed by atoms with Gasteiger partial charge in [-0.15, -0.1) is 0 Å². The fourth-order valence-corrected chi connectivity index (χ4v) is 1.16. The Hall–Kier alpha value is -1.51. The molecule has 15 heavy (non-hydrogen) atoms. The van der Waals surface area contributed by atoms with Gasteiger partial charge < -0.3 is 9.84 Å². The van der Waals surface area contributed by atoms with Crippen LogP contribution in [0.5, 0.6) is 11.5 Å². The number of aromatic hydroxyl groups is 1. The second-order valence-corrected chi connectivity index (χ2v) is 3.53. The lowest BCUT2D eigenvalue weighted by molar-refractivity contribution is -0.134. The second-order valence-electron chi connectivity index (χ2n) is 3.53. The number of rotatable bonds is 4. The fourth-order valence-electron chi connectivity index (χ4n) is 1.16. The summed E-state index contributed by atoms with van der Waals surface area (Å²) in [6.07, 6.45) is 2.22. The monoisotopic (exact) mass is 208 g/mol. The third-order valence-electron chi connectivity index (χ3n) is 2.15. The lowest BCUT2D eigenvalue weighted by atomic mass is 10.2. The number of unbranched alkanes of at least 4 members (excludes halogenated alkanes) is 1. The molecule has 0 spiro atoms. The summed E-state index contributed by atoms with van der Waals surface area (Å²) in [7, 11) is 0. The number of aryl methyl sites for hydroxylation is 1. The summed E-state index contributed by atoms with van der Waals surface area (Å²) < 4.78 is 5.05. The molecule has 0 aromatic heterocycles. The van der Waals surface area contributed by atoms with Crippen LogP contribution < -0.4 is 4.74 Å². The summed E-state index contributed by atoms with van der Waals surface area (Å²) in [4.78, 5) is 11.3. The van der Waals surface area contributed by atoms with E-state index in [9.17, 15) is 9.90 Å². The molecule has 0 aliphatic carbocycles. The zero-order valence-corrected chi connectivity index (χ0v) is 9.12. The molecule has 0 atom stereocenters. The van der Waals surface area contributed by atoms with Gasteiger partial charge in [0.1, 0.15) is 11.5 Å². The maximum Gasteiger partial charge on any atom is 0.311 e. The highest BCUT2D eigenvalue weighted by atomic mass is 16.5. The van der Waals surface area contributed by atoms with Crippen LogP contribution in [0.2, 0.25) is 0 Å². The lowest BCUT2D eigenvalue weighted by Crippen LogP contribution is -2.07. The van der Waals surface area contributed by atoms with Crippen molar-refractivity contribution in [1.29, 1.82) is 0 Å². The maximum atomic E-state index is 11.3. The van der Waals surface area contributed by atoms with Crippen LogP contribution in [0, 0.1) is 6.92 Å². The smallest absolute Gasteiger partial charge is 0.311 e. The molecule has 1 N–H and O–H groups in total. The Labute approximate surface area is 89.7 Å². The molecule has 0 saturated carbocycles. The minimum absolute atomic E-state index is 0.149. The molecule has 0 bridgehead atoms. The first-order chi connectivity index (χ1) is 7.13. The molecule has 0 aliphatic heterocycles. The Balaban J connectivity index is 2.57. The number of ether oxygens (including phenoxy) is 1. The van der Waals surface area contributed by atoms with E-state index in [2.05, 4.69) is 0 Å². The number of carbonyl (C=O) groups is 1. The van der Waals surface area contributed by atoms with Gasteiger partial charge in [0.15, 0.2) is 0 Å². The highest BCUT2D eigenvalue weighted by Crippen LogP contribution is 2.22. The summed E-state index contributed by atoms with van der Waals surface area (Å²) in [5.74, 6) is 0.301. The summed E-state index contributed by atoms with van der Waals surface area (Å²) in [5, 5.41) is 9.40. The van der Waals surface area contributed by atoms with Crippen molar-refractivity contribution in [2.45, 2.75) is 33.1 Å². The number of hydrogen-bond acceptors (Lipinski definition) is 3. The molecular formula is C12H16O3. The Bertz CT molecular complexity index is 345. The molecule has 0 radical (unpaired) electrons. The van der Waals surface area contributed by atoms with Gasteiger partial charge in [-0.25, -0.2) is 0 Å². The van der Waals surface area contributed by atoms with Gasteiger partial charge in [-0.3, -0.25) is 4.79 Å². The summed E-state index contributed by atoms with van der Waals surface area (Å²) in [6, 6.07) is 4.86. The van der Waals surface area contributed by atoms with Crippen molar-refractivity contribution in [3.8, 4) is 11.5 Å². The average Bonchev–Trinajstić information content (AvgIpc) is 2.20. The molecular weight excluding hydrogens is 192 g/mol. The Morgan fingerprint density at radius 1 is 1.47 bits per heavy atom. The third-order valence-corrected chi connectivity index (χ3v) is 2.15. The Morgan fingerprint density at radius 3 is 2.80 bits per heavy atom. The van der Waals surface area contributed by atoms with Crippen molar-refractivity contribution in [3.63, 3.8) is 0 Å². The summed E-state index contributed by atoms with van der Waals surface area (Å²) in [5.41, 5.74) is 0.767. The van der Waals surface area contributed by atoms with Crippen LogP contribution in [-0.4, -0.2) is 11.1 Å². The maximum absolute atomic E-state index is 11.3. The zero-order chi connectivity index (χ0) is 11.3. The van der Waals surface area contributed by atoms with Crippen molar-refractivity contribution < 1.29 is 14.6 Å². The van der Waals surface area contributed by atoms with Gasteiger partial charge in [0.05, 0.1) is 0 Å². The van der Waals surface area contributed by atoms with Crippen LogP contribution in [0.15, 0.2) is 18.2 Å². The molecule has 1 rings (SSSR count). The topological polar surface area (TPSA) is 46.5 Å². The van der Waals surface area contributed by atoms with Crippen molar-refractivity contribution in [3.05, 3.63) is 23.8 Å². The predicted octanol–water partition coefficient (Wildman–Crippen LogP) is 2.80. The number of carbonyl (C=O) groups excluding carboxylic acids is 1. The minimum Gasteiger partial charge on any atom is -0.508 e. The number of phenols is 1. The van der Waals surface area contributed by atoms with Crippen molar-refractivity contribution in [2.24, 2.45) is 0 Å². The summed E-state index contributed by atoms with van der Waals surface area (Å²) in [6.45, 7) is 3.81. The largest absolute Gasteiger partial charge is 0.508 e. The van der Waals surface area contributed by atoms with Crippen LogP contribution in [0.25, 0.3) is 0 Å². The molecule has 3 heteroatoms. The van der Waals surface area contributed by atoms with Gasteiger partial charge >= 0.3 is 5.97 Å². The number of phenolic OH excluding ortho intramolecular Hbond substituents is 1. The minimum atomic E-state index is -0.250. The van der Waals surface area contributed by atoms with Gasteiger partial charge in [0, 0.05) is 12.5 Å². The van der Waals surface area contributed by atoms with E-state index in [0.717, 1.165) is 18.4 Å². The summed E-state index contributed by atoms with van der Waals surface area (Å²) >= 11 is 0. The molecule has 0 unspecified atom stereocenters. The highest BCUT2D eigenvalue weighted by molar-refractivity contribution is 5.72. The van der Waals surface area contributed by atoms with Crippen LogP contribution >= 0.6 is 0 Å². The molecule has 0 heterocycles. The van der Waals surface area contributed by atoms with E-state index in [1.54, 1.807) is 19.1 Å². The first kappa shape index (κ1) is 11.6. The van der Waals surface area contributed by atoms with E-state index in [1.165, 1.54) is 6.07 Å². The molecule has 1 aromatic rings. The van der Waals surface area contributed by atoms with Crippen molar-refractivity contribution in [1.82, 2.24) is 0 Å². The molecule has 0 aliphatic rings. The highest BCUT2D eigenvalue weighted by Gasteiger charge is 2.05. The molecule has 0 amide bonds. The van der Waals surface area contributed by atoms with Crippen molar-refractivity contribution >= 4 is 5.97 Å². The van der Waals surface area contributed by atoms with Crippen LogP contribution in [0.1, 0.15) is 31.7 Å². The Kier molecular flexibility index (Phi) is 4.16. The zero-order valence-electron chi connectivity index (χ0n) is 9.12. The van der Waals surface area contributed by atoms with E-state index in [-0.39, 0.29) is 11.7 Å². The number of esters is 1. The number of benzene rings is 1. The Morgan fingerprint density at radius 2 is 2.20 bits per heavy atom. The fraction of sp³-hybridized carbons (Fsp3) is 0.417. The molecule has 0 saturated heterocycles. The van der Waals surface area contributed by atoms with E-state index in [4.69, 9.17) is 4.74 Å². The van der Waals surface area contributed by atoms with E-state index in [1.807, 2.05) is 6.92 Å². The lowest BCUT2D eigenvalue weighted by Gasteiger charge is -2.05. The van der Waals surface area contributed by atoms with Crippen LogP contribution in [0.3, 0.4) is 0 Å². The standard InChI is InChI=1S/C12H16O3/c1-3-4-5-12(14)15-10-7-6-9(2)11(13)8-10/h6-8,13H,3-5H2,1-2H3. The normalized spacial score (nSPS) is 10.0. The van der Waals surface area contributed by atoms with Gasteiger partial charge in [0.2, 0.25) is 0 Å².